The van der Waals surface area contributed by atoms with Crippen LogP contribution in [-0.4, -0.2) is 24.4 Å². The van der Waals surface area contributed by atoms with E-state index in [9.17, 15) is 4.79 Å². The molecule has 0 saturated heterocycles. The molecule has 24 heavy (non-hydrogen) atoms. The molecule has 4 atom stereocenters. The minimum Gasteiger partial charge on any atom is -0.384 e. The third-order valence-electron chi connectivity index (χ3n) is 5.32. The van der Waals surface area contributed by atoms with Crippen LogP contribution in [-0.2, 0) is 9.63 Å². The SMILES string of the molecule is C[C@@H](NC(=O)CO/N=C(/N)c1ccc(Cl)cc1)[C@@H]1C[C@H]2CC[C@H]1C2. The van der Waals surface area contributed by atoms with Gasteiger partial charge in [-0.2, -0.15) is 0 Å². The Kier molecular flexibility index (Phi) is 5.29. The molecule has 1 amide bonds. The molecule has 1 aromatic carbocycles. The molecule has 3 rings (SSSR count). The summed E-state index contributed by atoms with van der Waals surface area (Å²) in [5.41, 5.74) is 6.53. The average Bonchev–Trinajstić information content (AvgIpc) is 3.18. The number of hydrogen-bond acceptors (Lipinski definition) is 3. The first-order valence-corrected chi connectivity index (χ1v) is 8.91. The first-order chi connectivity index (χ1) is 11.5. The summed E-state index contributed by atoms with van der Waals surface area (Å²) in [6, 6.07) is 7.14. The molecule has 130 valence electrons. The minimum atomic E-state index is -0.155. The van der Waals surface area contributed by atoms with Crippen LogP contribution in [0.4, 0.5) is 0 Å². The molecule has 1 aromatic rings. The van der Waals surface area contributed by atoms with E-state index < -0.39 is 0 Å². The fraction of sp³-hybridized carbons (Fsp3) is 0.556. The van der Waals surface area contributed by atoms with E-state index in [4.69, 9.17) is 22.2 Å². The standard InChI is InChI=1S/C18H24ClN3O2/c1-11(16-9-12-2-3-14(16)8-12)21-17(23)10-24-22-18(20)13-4-6-15(19)7-5-13/h4-7,11-12,14,16H,2-3,8-10H2,1H3,(H2,20,22)(H,21,23)/t11-,12+,14+,16+/m1/s1. The topological polar surface area (TPSA) is 76.7 Å². The number of fused-ring (bicyclic) bond motifs is 2. The Hall–Kier alpha value is -1.75. The number of carbonyl (C=O) groups excluding carboxylic acids is 1. The van der Waals surface area contributed by atoms with Gasteiger partial charge >= 0.3 is 0 Å². The Labute approximate surface area is 147 Å². The fourth-order valence-corrected chi connectivity index (χ4v) is 4.27. The molecule has 6 heteroatoms. The van der Waals surface area contributed by atoms with Gasteiger partial charge in [0, 0.05) is 16.6 Å². The summed E-state index contributed by atoms with van der Waals surface area (Å²) in [5.74, 6) is 2.33. The molecule has 2 aliphatic rings. The number of nitrogens with one attached hydrogen (secondary N) is 1. The van der Waals surface area contributed by atoms with Crippen molar-refractivity contribution in [3.05, 3.63) is 34.9 Å². The van der Waals surface area contributed by atoms with Gasteiger partial charge in [0.2, 0.25) is 0 Å². The van der Waals surface area contributed by atoms with Crippen LogP contribution in [0, 0.1) is 17.8 Å². The van der Waals surface area contributed by atoms with Gasteiger partial charge in [-0.3, -0.25) is 4.79 Å². The zero-order valence-electron chi connectivity index (χ0n) is 13.9. The number of nitrogens with zero attached hydrogens (tertiary/aromatic N) is 1. The summed E-state index contributed by atoms with van der Waals surface area (Å²) in [7, 11) is 0. The lowest BCUT2D eigenvalue weighted by molar-refractivity contribution is -0.126. The van der Waals surface area contributed by atoms with Gasteiger partial charge in [0.25, 0.3) is 5.91 Å². The molecule has 0 aliphatic heterocycles. The number of carbonyl (C=O) groups is 1. The molecule has 0 aromatic heterocycles. The molecule has 0 heterocycles. The number of hydrogen-bond donors (Lipinski definition) is 2. The van der Waals surface area contributed by atoms with Crippen LogP contribution < -0.4 is 11.1 Å². The highest BCUT2D eigenvalue weighted by Crippen LogP contribution is 2.49. The molecule has 2 bridgehead atoms. The van der Waals surface area contributed by atoms with Crippen molar-refractivity contribution < 1.29 is 9.63 Å². The third-order valence-corrected chi connectivity index (χ3v) is 5.57. The van der Waals surface area contributed by atoms with Crippen LogP contribution >= 0.6 is 11.6 Å². The maximum Gasteiger partial charge on any atom is 0.260 e. The van der Waals surface area contributed by atoms with E-state index in [2.05, 4.69) is 17.4 Å². The normalized spacial score (nSPS) is 27.1. The third kappa shape index (κ3) is 4.01. The number of amidine groups is 1. The maximum absolute atomic E-state index is 12.0. The zero-order chi connectivity index (χ0) is 17.1. The second-order valence-corrected chi connectivity index (χ2v) is 7.39. The molecule has 2 aliphatic carbocycles. The number of amides is 1. The van der Waals surface area contributed by atoms with Crippen LogP contribution in [0.15, 0.2) is 29.4 Å². The van der Waals surface area contributed by atoms with Gasteiger partial charge in [0.05, 0.1) is 0 Å². The summed E-state index contributed by atoms with van der Waals surface area (Å²) in [4.78, 5) is 17.1. The Morgan fingerprint density at radius 2 is 2.12 bits per heavy atom. The van der Waals surface area contributed by atoms with Gasteiger partial charge in [0.1, 0.15) is 0 Å². The van der Waals surface area contributed by atoms with Crippen molar-refractivity contribution in [1.29, 1.82) is 0 Å². The smallest absolute Gasteiger partial charge is 0.260 e. The largest absolute Gasteiger partial charge is 0.384 e. The van der Waals surface area contributed by atoms with Crippen molar-refractivity contribution in [3.63, 3.8) is 0 Å². The van der Waals surface area contributed by atoms with E-state index in [-0.39, 0.29) is 24.4 Å². The number of halogens is 1. The van der Waals surface area contributed by atoms with Gasteiger partial charge in [-0.15, -0.1) is 0 Å². The van der Waals surface area contributed by atoms with Gasteiger partial charge in [-0.05, 0) is 68.2 Å². The number of nitrogens with two attached hydrogens (primary N) is 1. The quantitative estimate of drug-likeness (QED) is 0.471. The molecular formula is C18H24ClN3O2. The van der Waals surface area contributed by atoms with Crippen molar-refractivity contribution in [1.82, 2.24) is 5.32 Å². The highest BCUT2D eigenvalue weighted by atomic mass is 35.5. The van der Waals surface area contributed by atoms with Crippen LogP contribution in [0.1, 0.15) is 38.2 Å². The Balaban J connectivity index is 1.43. The van der Waals surface area contributed by atoms with Crippen LogP contribution in [0.25, 0.3) is 0 Å². The molecule has 0 unspecified atom stereocenters. The first kappa shape index (κ1) is 17.1. The Morgan fingerprint density at radius 1 is 1.38 bits per heavy atom. The lowest BCUT2D eigenvalue weighted by Crippen LogP contribution is -2.41. The minimum absolute atomic E-state index is 0.126. The van der Waals surface area contributed by atoms with Gasteiger partial charge in [-0.25, -0.2) is 0 Å². The molecule has 3 N–H and O–H groups in total. The van der Waals surface area contributed by atoms with Gasteiger partial charge < -0.3 is 15.9 Å². The van der Waals surface area contributed by atoms with E-state index in [1.165, 1.54) is 25.7 Å². The highest BCUT2D eigenvalue weighted by molar-refractivity contribution is 6.30. The van der Waals surface area contributed by atoms with E-state index in [0.717, 1.165) is 11.8 Å². The zero-order valence-corrected chi connectivity index (χ0v) is 14.6. The van der Waals surface area contributed by atoms with Crippen LogP contribution in [0.5, 0.6) is 0 Å². The maximum atomic E-state index is 12.0. The van der Waals surface area contributed by atoms with Gasteiger partial charge in [0.15, 0.2) is 12.4 Å². The van der Waals surface area contributed by atoms with Crippen LogP contribution in [0.3, 0.4) is 0 Å². The number of oxime groups is 1. The highest BCUT2D eigenvalue weighted by Gasteiger charge is 2.42. The lowest BCUT2D eigenvalue weighted by Gasteiger charge is -2.28. The second kappa shape index (κ2) is 7.43. The molecule has 0 spiro atoms. The van der Waals surface area contributed by atoms with Crippen molar-refractivity contribution in [2.24, 2.45) is 28.6 Å². The fourth-order valence-electron chi connectivity index (χ4n) is 4.14. The summed E-state index contributed by atoms with van der Waals surface area (Å²) >= 11 is 5.82. The lowest BCUT2D eigenvalue weighted by atomic mass is 9.84. The van der Waals surface area contributed by atoms with E-state index in [1.807, 2.05) is 0 Å². The summed E-state index contributed by atoms with van der Waals surface area (Å²) in [6.07, 6.45) is 5.26. The molecule has 0 radical (unpaired) electrons. The average molecular weight is 350 g/mol. The monoisotopic (exact) mass is 349 g/mol. The predicted octanol–water partition coefficient (Wildman–Crippen LogP) is 2.92. The number of rotatable bonds is 6. The Bertz CT molecular complexity index is 617. The summed E-state index contributed by atoms with van der Waals surface area (Å²) < 4.78 is 0. The molecule has 2 saturated carbocycles. The summed E-state index contributed by atoms with van der Waals surface area (Å²) in [5, 5.41) is 7.46. The molecule has 5 nitrogen and oxygen atoms in total. The second-order valence-electron chi connectivity index (χ2n) is 6.95. The van der Waals surface area contributed by atoms with Gasteiger partial charge in [-0.1, -0.05) is 23.2 Å². The molecular weight excluding hydrogens is 326 g/mol. The first-order valence-electron chi connectivity index (χ1n) is 8.53. The van der Waals surface area contributed by atoms with Crippen molar-refractivity contribution in [3.8, 4) is 0 Å². The van der Waals surface area contributed by atoms with Crippen molar-refractivity contribution in [2.45, 2.75) is 38.6 Å². The van der Waals surface area contributed by atoms with Crippen LogP contribution in [0.2, 0.25) is 5.02 Å². The molecule has 2 fully saturated rings. The predicted molar refractivity (Wildman–Crippen MR) is 94.7 cm³/mol. The number of benzene rings is 1. The van der Waals surface area contributed by atoms with Crippen molar-refractivity contribution in [2.75, 3.05) is 6.61 Å². The van der Waals surface area contributed by atoms with E-state index >= 15 is 0 Å². The van der Waals surface area contributed by atoms with E-state index in [0.29, 0.717) is 16.5 Å². The summed E-state index contributed by atoms with van der Waals surface area (Å²) in [6.45, 7) is 1.97. The van der Waals surface area contributed by atoms with E-state index in [1.54, 1.807) is 24.3 Å². The van der Waals surface area contributed by atoms with Crippen molar-refractivity contribution >= 4 is 23.3 Å². The Morgan fingerprint density at radius 3 is 2.75 bits per heavy atom.